The molecule has 1 fully saturated rings. The first-order chi connectivity index (χ1) is 12.6. The SMILES string of the molecule is CN(C)C(=O)N1CCCCC1c1nnc2n1CCN(Cc1ccsc1)C2. The molecule has 0 aliphatic carbocycles. The molecule has 26 heavy (non-hydrogen) atoms. The second-order valence-corrected chi connectivity index (χ2v) is 8.13. The first kappa shape index (κ1) is 17.5. The lowest BCUT2D eigenvalue weighted by Gasteiger charge is -2.37. The first-order valence-electron chi connectivity index (χ1n) is 9.27. The Bertz CT molecular complexity index is 756. The van der Waals surface area contributed by atoms with Gasteiger partial charge in [-0.3, -0.25) is 4.90 Å². The van der Waals surface area contributed by atoms with Crippen molar-refractivity contribution in [3.63, 3.8) is 0 Å². The van der Waals surface area contributed by atoms with Crippen molar-refractivity contribution in [2.75, 3.05) is 27.2 Å². The Morgan fingerprint density at radius 1 is 1.27 bits per heavy atom. The number of piperidine rings is 1. The van der Waals surface area contributed by atoms with Crippen LogP contribution >= 0.6 is 11.3 Å². The monoisotopic (exact) mass is 374 g/mol. The lowest BCUT2D eigenvalue weighted by atomic mass is 10.0. The quantitative estimate of drug-likeness (QED) is 0.829. The summed E-state index contributed by atoms with van der Waals surface area (Å²) < 4.78 is 2.25. The van der Waals surface area contributed by atoms with Gasteiger partial charge in [-0.1, -0.05) is 0 Å². The molecule has 1 saturated heterocycles. The largest absolute Gasteiger partial charge is 0.331 e. The van der Waals surface area contributed by atoms with Gasteiger partial charge in [0.2, 0.25) is 0 Å². The summed E-state index contributed by atoms with van der Waals surface area (Å²) in [5.41, 5.74) is 1.36. The van der Waals surface area contributed by atoms with Crippen LogP contribution < -0.4 is 0 Å². The van der Waals surface area contributed by atoms with Gasteiger partial charge in [0.25, 0.3) is 0 Å². The van der Waals surface area contributed by atoms with E-state index in [0.717, 1.165) is 63.6 Å². The minimum Gasteiger partial charge on any atom is -0.331 e. The molecule has 0 spiro atoms. The number of hydrogen-bond donors (Lipinski definition) is 0. The van der Waals surface area contributed by atoms with Crippen molar-refractivity contribution in [3.05, 3.63) is 34.0 Å². The van der Waals surface area contributed by atoms with Crippen molar-refractivity contribution >= 4 is 17.4 Å². The smallest absolute Gasteiger partial charge is 0.320 e. The number of rotatable bonds is 3. The molecule has 2 aromatic rings. The van der Waals surface area contributed by atoms with Gasteiger partial charge < -0.3 is 14.4 Å². The zero-order chi connectivity index (χ0) is 18.1. The zero-order valence-electron chi connectivity index (χ0n) is 15.5. The second-order valence-electron chi connectivity index (χ2n) is 7.35. The molecule has 2 aliphatic rings. The van der Waals surface area contributed by atoms with Crippen LogP contribution in [-0.4, -0.2) is 62.7 Å². The van der Waals surface area contributed by atoms with Crippen molar-refractivity contribution in [1.82, 2.24) is 29.5 Å². The van der Waals surface area contributed by atoms with Crippen LogP contribution in [0.3, 0.4) is 0 Å². The van der Waals surface area contributed by atoms with Crippen molar-refractivity contribution in [2.45, 2.75) is 44.9 Å². The molecule has 0 aromatic carbocycles. The third-order valence-electron chi connectivity index (χ3n) is 5.28. The highest BCUT2D eigenvalue weighted by molar-refractivity contribution is 7.07. The highest BCUT2D eigenvalue weighted by atomic mass is 32.1. The number of carbonyl (C=O) groups is 1. The fourth-order valence-electron chi connectivity index (χ4n) is 3.94. The van der Waals surface area contributed by atoms with Crippen LogP contribution in [0.4, 0.5) is 4.79 Å². The molecule has 7 nitrogen and oxygen atoms in total. The first-order valence-corrected chi connectivity index (χ1v) is 10.2. The van der Waals surface area contributed by atoms with E-state index in [2.05, 4.69) is 36.5 Å². The average Bonchev–Trinajstić information content (AvgIpc) is 3.30. The number of likely N-dealkylation sites (tertiary alicyclic amines) is 1. The van der Waals surface area contributed by atoms with Crippen LogP contribution in [0.25, 0.3) is 0 Å². The van der Waals surface area contributed by atoms with E-state index in [9.17, 15) is 4.79 Å². The van der Waals surface area contributed by atoms with Gasteiger partial charge in [-0.15, -0.1) is 10.2 Å². The van der Waals surface area contributed by atoms with Gasteiger partial charge in [0.05, 0.1) is 12.6 Å². The molecule has 4 heterocycles. The number of thiophene rings is 1. The maximum Gasteiger partial charge on any atom is 0.320 e. The van der Waals surface area contributed by atoms with Gasteiger partial charge in [-0.25, -0.2) is 4.79 Å². The fraction of sp³-hybridized carbons (Fsp3) is 0.611. The summed E-state index contributed by atoms with van der Waals surface area (Å²) >= 11 is 1.74. The van der Waals surface area contributed by atoms with E-state index in [-0.39, 0.29) is 12.1 Å². The Hall–Kier alpha value is -1.93. The van der Waals surface area contributed by atoms with Crippen LogP contribution in [0.5, 0.6) is 0 Å². The molecule has 1 unspecified atom stereocenters. The van der Waals surface area contributed by atoms with E-state index < -0.39 is 0 Å². The number of aromatic nitrogens is 3. The molecule has 2 aromatic heterocycles. The summed E-state index contributed by atoms with van der Waals surface area (Å²) in [5, 5.41) is 13.3. The third kappa shape index (κ3) is 3.35. The lowest BCUT2D eigenvalue weighted by molar-refractivity contribution is 0.122. The van der Waals surface area contributed by atoms with E-state index in [4.69, 9.17) is 0 Å². The molecule has 0 bridgehead atoms. The summed E-state index contributed by atoms with van der Waals surface area (Å²) in [6, 6.07) is 2.30. The highest BCUT2D eigenvalue weighted by Crippen LogP contribution is 2.32. The molecular weight excluding hydrogens is 348 g/mol. The lowest BCUT2D eigenvalue weighted by Crippen LogP contribution is -2.45. The summed E-state index contributed by atoms with van der Waals surface area (Å²) in [4.78, 5) is 18.6. The van der Waals surface area contributed by atoms with E-state index >= 15 is 0 Å². The van der Waals surface area contributed by atoms with Gasteiger partial charge in [0, 0.05) is 40.3 Å². The topological polar surface area (TPSA) is 57.5 Å². The summed E-state index contributed by atoms with van der Waals surface area (Å²) in [5.74, 6) is 1.98. The zero-order valence-corrected chi connectivity index (χ0v) is 16.3. The van der Waals surface area contributed by atoms with Crippen LogP contribution in [0, 0.1) is 0 Å². The second kappa shape index (κ2) is 7.36. The van der Waals surface area contributed by atoms with Crippen molar-refractivity contribution in [2.24, 2.45) is 0 Å². The van der Waals surface area contributed by atoms with E-state index in [1.54, 1.807) is 16.2 Å². The maximum absolute atomic E-state index is 12.6. The number of hydrogen-bond acceptors (Lipinski definition) is 5. The number of fused-ring (bicyclic) bond motifs is 1. The third-order valence-corrected chi connectivity index (χ3v) is 6.01. The van der Waals surface area contributed by atoms with Crippen molar-refractivity contribution in [3.8, 4) is 0 Å². The van der Waals surface area contributed by atoms with Gasteiger partial charge in [-0.2, -0.15) is 11.3 Å². The molecule has 8 heteroatoms. The van der Waals surface area contributed by atoms with Gasteiger partial charge >= 0.3 is 6.03 Å². The van der Waals surface area contributed by atoms with Crippen LogP contribution in [0.15, 0.2) is 16.8 Å². The Morgan fingerprint density at radius 3 is 2.92 bits per heavy atom. The fourth-order valence-corrected chi connectivity index (χ4v) is 4.60. The van der Waals surface area contributed by atoms with Crippen LogP contribution in [-0.2, 0) is 19.6 Å². The van der Waals surface area contributed by atoms with Crippen molar-refractivity contribution < 1.29 is 4.79 Å². The number of nitrogens with zero attached hydrogens (tertiary/aromatic N) is 6. The van der Waals surface area contributed by atoms with E-state index in [1.165, 1.54) is 5.56 Å². The number of amides is 2. The molecule has 1 atom stereocenters. The number of carbonyl (C=O) groups excluding carboxylic acids is 1. The summed E-state index contributed by atoms with van der Waals surface area (Å²) in [6.07, 6.45) is 3.16. The molecule has 4 rings (SSSR count). The molecule has 0 N–H and O–H groups in total. The minimum atomic E-state index is 0.0447. The average molecular weight is 375 g/mol. The Morgan fingerprint density at radius 2 is 2.15 bits per heavy atom. The van der Waals surface area contributed by atoms with E-state index in [0.29, 0.717) is 0 Å². The van der Waals surface area contributed by atoms with Crippen molar-refractivity contribution in [1.29, 1.82) is 0 Å². The molecular formula is C18H26N6OS. The molecule has 140 valence electrons. The summed E-state index contributed by atoms with van der Waals surface area (Å²) in [7, 11) is 3.63. The predicted molar refractivity (Wildman–Crippen MR) is 101 cm³/mol. The van der Waals surface area contributed by atoms with Crippen LogP contribution in [0.2, 0.25) is 0 Å². The Kier molecular flexibility index (Phi) is 4.95. The highest BCUT2D eigenvalue weighted by Gasteiger charge is 2.34. The standard InChI is InChI=1S/C18H26N6OS/c1-21(2)18(25)23-7-4-3-5-15(23)17-20-19-16-12-22(8-9-24(16)17)11-14-6-10-26-13-14/h6,10,13,15H,3-5,7-9,11-12H2,1-2H3. The molecule has 2 aliphatic heterocycles. The van der Waals surface area contributed by atoms with Gasteiger partial charge in [0.1, 0.15) is 5.82 Å². The Balaban J connectivity index is 1.52. The van der Waals surface area contributed by atoms with Gasteiger partial charge in [0.15, 0.2) is 5.82 Å². The minimum absolute atomic E-state index is 0.0447. The predicted octanol–water partition coefficient (Wildman–Crippen LogP) is 2.56. The van der Waals surface area contributed by atoms with E-state index in [1.807, 2.05) is 19.0 Å². The van der Waals surface area contributed by atoms with Crippen LogP contribution in [0.1, 0.15) is 42.5 Å². The molecule has 0 radical (unpaired) electrons. The molecule has 2 amide bonds. The Labute approximate surface area is 158 Å². The van der Waals surface area contributed by atoms with Gasteiger partial charge in [-0.05, 0) is 41.7 Å². The maximum atomic E-state index is 12.6. The summed E-state index contributed by atoms with van der Waals surface area (Å²) in [6.45, 7) is 4.45. The normalized spacial score (nSPS) is 20.8. The number of urea groups is 1. The molecule has 0 saturated carbocycles.